The van der Waals surface area contributed by atoms with Crippen molar-refractivity contribution in [3.05, 3.63) is 42.4 Å². The largest absolute Gasteiger partial charge is 0.397 e. The molecule has 1 amide bonds. The number of anilines is 1. The Bertz CT molecular complexity index is 522. The number of pyridine rings is 2. The predicted octanol–water partition coefficient (Wildman–Crippen LogP) is 0.825. The van der Waals surface area contributed by atoms with Gasteiger partial charge < -0.3 is 11.5 Å². The zero-order valence-corrected chi connectivity index (χ0v) is 8.42. The van der Waals surface area contributed by atoms with Gasteiger partial charge in [0.2, 0.25) is 0 Å². The predicted molar refractivity (Wildman–Crippen MR) is 60.4 cm³/mol. The smallest absolute Gasteiger partial charge is 0.268 e. The zero-order valence-electron chi connectivity index (χ0n) is 8.42. The van der Waals surface area contributed by atoms with Crippen molar-refractivity contribution in [2.24, 2.45) is 5.73 Å². The van der Waals surface area contributed by atoms with Crippen molar-refractivity contribution in [1.82, 2.24) is 9.97 Å². The van der Waals surface area contributed by atoms with Gasteiger partial charge in [-0.2, -0.15) is 0 Å². The SMILES string of the molecule is NC(=O)c1ncccc1-c1ccc(N)cn1. The molecule has 0 radical (unpaired) electrons. The zero-order chi connectivity index (χ0) is 11.5. The van der Waals surface area contributed by atoms with Gasteiger partial charge in [-0.3, -0.25) is 14.8 Å². The summed E-state index contributed by atoms with van der Waals surface area (Å²) in [5.74, 6) is -0.575. The Morgan fingerprint density at radius 1 is 1.19 bits per heavy atom. The Morgan fingerprint density at radius 2 is 2.00 bits per heavy atom. The van der Waals surface area contributed by atoms with Crippen LogP contribution in [0.1, 0.15) is 10.5 Å². The van der Waals surface area contributed by atoms with Crippen molar-refractivity contribution in [2.75, 3.05) is 5.73 Å². The molecule has 0 unspecified atom stereocenters. The van der Waals surface area contributed by atoms with E-state index in [4.69, 9.17) is 11.5 Å². The average Bonchev–Trinajstić information content (AvgIpc) is 2.30. The molecule has 5 nitrogen and oxygen atoms in total. The third-order valence-electron chi connectivity index (χ3n) is 2.10. The molecule has 16 heavy (non-hydrogen) atoms. The lowest BCUT2D eigenvalue weighted by atomic mass is 10.1. The first-order valence-corrected chi connectivity index (χ1v) is 4.65. The third-order valence-corrected chi connectivity index (χ3v) is 2.10. The molecule has 5 heteroatoms. The van der Waals surface area contributed by atoms with Crippen LogP contribution in [0.5, 0.6) is 0 Å². The molecule has 0 saturated heterocycles. The molecule has 4 N–H and O–H groups in total. The number of nitrogens with zero attached hydrogens (tertiary/aromatic N) is 2. The molecule has 0 fully saturated rings. The Morgan fingerprint density at radius 3 is 2.62 bits per heavy atom. The molecule has 2 rings (SSSR count). The van der Waals surface area contributed by atoms with Gasteiger partial charge in [0.1, 0.15) is 5.69 Å². The number of rotatable bonds is 2. The summed E-state index contributed by atoms with van der Waals surface area (Å²) in [5.41, 5.74) is 12.8. The van der Waals surface area contributed by atoms with Crippen molar-refractivity contribution < 1.29 is 4.79 Å². The normalized spacial score (nSPS) is 10.0. The highest BCUT2D eigenvalue weighted by atomic mass is 16.1. The number of hydrogen-bond donors (Lipinski definition) is 2. The van der Waals surface area contributed by atoms with Crippen molar-refractivity contribution in [3.63, 3.8) is 0 Å². The molecule has 0 saturated carbocycles. The minimum atomic E-state index is -0.575. The number of nitrogens with two attached hydrogens (primary N) is 2. The van der Waals surface area contributed by atoms with Crippen molar-refractivity contribution in [3.8, 4) is 11.3 Å². The standard InChI is InChI=1S/C11H10N4O/c12-7-3-4-9(15-6-7)8-2-1-5-14-10(8)11(13)16/h1-6H,12H2,(H2,13,16). The number of aromatic nitrogens is 2. The number of carbonyl (C=O) groups excluding carboxylic acids is 1. The summed E-state index contributed by atoms with van der Waals surface area (Å²) in [4.78, 5) is 19.2. The van der Waals surface area contributed by atoms with Crippen LogP contribution in [0, 0.1) is 0 Å². The number of primary amides is 1. The molecular formula is C11H10N4O. The van der Waals surface area contributed by atoms with E-state index < -0.39 is 5.91 Å². The highest BCUT2D eigenvalue weighted by molar-refractivity contribution is 5.97. The monoisotopic (exact) mass is 214 g/mol. The summed E-state index contributed by atoms with van der Waals surface area (Å²) in [6, 6.07) is 6.89. The third kappa shape index (κ3) is 1.83. The molecule has 2 aromatic rings. The first-order chi connectivity index (χ1) is 7.68. The molecule has 2 aromatic heterocycles. The van der Waals surface area contributed by atoms with Gasteiger partial charge in [0.15, 0.2) is 0 Å². The number of hydrogen-bond acceptors (Lipinski definition) is 4. The van der Waals surface area contributed by atoms with E-state index in [1.54, 1.807) is 24.3 Å². The van der Waals surface area contributed by atoms with Gasteiger partial charge in [-0.15, -0.1) is 0 Å². The molecule has 0 bridgehead atoms. The Labute approximate surface area is 92.1 Å². The van der Waals surface area contributed by atoms with E-state index in [0.29, 0.717) is 16.9 Å². The fourth-order valence-corrected chi connectivity index (χ4v) is 1.37. The number of carbonyl (C=O) groups is 1. The second-order valence-corrected chi connectivity index (χ2v) is 3.24. The van der Waals surface area contributed by atoms with E-state index in [9.17, 15) is 4.79 Å². The summed E-state index contributed by atoms with van der Waals surface area (Å²) >= 11 is 0. The first-order valence-electron chi connectivity index (χ1n) is 4.65. The Balaban J connectivity index is 2.55. The molecule has 0 spiro atoms. The van der Waals surface area contributed by atoms with E-state index in [0.717, 1.165) is 0 Å². The average molecular weight is 214 g/mol. The molecule has 0 atom stereocenters. The van der Waals surface area contributed by atoms with Crippen LogP contribution in [-0.2, 0) is 0 Å². The highest BCUT2D eigenvalue weighted by Crippen LogP contribution is 2.20. The lowest BCUT2D eigenvalue weighted by molar-refractivity contribution is 0.0996. The van der Waals surface area contributed by atoms with Crippen LogP contribution >= 0.6 is 0 Å². The van der Waals surface area contributed by atoms with Gasteiger partial charge in [-0.05, 0) is 24.3 Å². The van der Waals surface area contributed by atoms with Gasteiger partial charge in [0, 0.05) is 11.8 Å². The lowest BCUT2D eigenvalue weighted by Crippen LogP contribution is -2.14. The summed E-state index contributed by atoms with van der Waals surface area (Å²) < 4.78 is 0. The second-order valence-electron chi connectivity index (χ2n) is 3.24. The Hall–Kier alpha value is -2.43. The molecule has 0 aliphatic carbocycles. The van der Waals surface area contributed by atoms with Crippen LogP contribution in [0.25, 0.3) is 11.3 Å². The summed E-state index contributed by atoms with van der Waals surface area (Å²) in [7, 11) is 0. The van der Waals surface area contributed by atoms with Gasteiger partial charge in [0.05, 0.1) is 17.6 Å². The molecule has 80 valence electrons. The summed E-state index contributed by atoms with van der Waals surface area (Å²) in [6.07, 6.45) is 3.04. The first kappa shape index (κ1) is 10.1. The number of amides is 1. The molecule has 2 heterocycles. The number of nitrogen functional groups attached to an aromatic ring is 1. The maximum atomic E-state index is 11.2. The minimum absolute atomic E-state index is 0.208. The lowest BCUT2D eigenvalue weighted by Gasteiger charge is -2.04. The van der Waals surface area contributed by atoms with Crippen LogP contribution in [0.2, 0.25) is 0 Å². The highest BCUT2D eigenvalue weighted by Gasteiger charge is 2.11. The maximum absolute atomic E-state index is 11.2. The van der Waals surface area contributed by atoms with Gasteiger partial charge >= 0.3 is 0 Å². The van der Waals surface area contributed by atoms with Crippen LogP contribution in [0.4, 0.5) is 5.69 Å². The maximum Gasteiger partial charge on any atom is 0.268 e. The van der Waals surface area contributed by atoms with Gasteiger partial charge in [-0.1, -0.05) is 0 Å². The van der Waals surface area contributed by atoms with Crippen LogP contribution in [0.3, 0.4) is 0 Å². The fourth-order valence-electron chi connectivity index (χ4n) is 1.37. The molecule has 0 aliphatic heterocycles. The van der Waals surface area contributed by atoms with E-state index >= 15 is 0 Å². The van der Waals surface area contributed by atoms with Crippen molar-refractivity contribution >= 4 is 11.6 Å². The van der Waals surface area contributed by atoms with E-state index in [1.165, 1.54) is 12.4 Å². The molecule has 0 aliphatic rings. The quantitative estimate of drug-likeness (QED) is 0.773. The summed E-state index contributed by atoms with van der Waals surface area (Å²) in [6.45, 7) is 0. The Kier molecular flexibility index (Phi) is 2.51. The molecule has 0 aromatic carbocycles. The van der Waals surface area contributed by atoms with E-state index in [-0.39, 0.29) is 5.69 Å². The van der Waals surface area contributed by atoms with Crippen molar-refractivity contribution in [2.45, 2.75) is 0 Å². The van der Waals surface area contributed by atoms with Gasteiger partial charge in [-0.25, -0.2) is 0 Å². The fraction of sp³-hybridized carbons (Fsp3) is 0. The van der Waals surface area contributed by atoms with Crippen LogP contribution in [-0.4, -0.2) is 15.9 Å². The summed E-state index contributed by atoms with van der Waals surface area (Å²) in [5, 5.41) is 0. The van der Waals surface area contributed by atoms with Gasteiger partial charge in [0.25, 0.3) is 5.91 Å². The molecular weight excluding hydrogens is 204 g/mol. The van der Waals surface area contributed by atoms with Crippen LogP contribution < -0.4 is 11.5 Å². The van der Waals surface area contributed by atoms with Crippen LogP contribution in [0.15, 0.2) is 36.7 Å². The minimum Gasteiger partial charge on any atom is -0.397 e. The van der Waals surface area contributed by atoms with E-state index in [2.05, 4.69) is 9.97 Å². The topological polar surface area (TPSA) is 94.9 Å². The van der Waals surface area contributed by atoms with E-state index in [1.807, 2.05) is 0 Å². The second kappa shape index (κ2) is 3.98. The van der Waals surface area contributed by atoms with Crippen molar-refractivity contribution in [1.29, 1.82) is 0 Å².